The maximum absolute atomic E-state index is 4.63. The highest BCUT2D eigenvalue weighted by Crippen LogP contribution is 2.37. The van der Waals surface area contributed by atoms with Gasteiger partial charge in [-0.25, -0.2) is 15.0 Å². The Labute approximate surface area is 138 Å². The molecular formula is C16H16N6S. The predicted octanol–water partition coefficient (Wildman–Crippen LogP) is 3.33. The van der Waals surface area contributed by atoms with E-state index >= 15 is 0 Å². The second kappa shape index (κ2) is 5.92. The van der Waals surface area contributed by atoms with Crippen molar-refractivity contribution in [3.63, 3.8) is 0 Å². The third kappa shape index (κ3) is 2.87. The van der Waals surface area contributed by atoms with Crippen molar-refractivity contribution in [1.29, 1.82) is 0 Å². The van der Waals surface area contributed by atoms with Gasteiger partial charge in [0.05, 0.1) is 23.6 Å². The molecule has 23 heavy (non-hydrogen) atoms. The Balaban J connectivity index is 1.60. The molecule has 0 spiro atoms. The van der Waals surface area contributed by atoms with Gasteiger partial charge in [-0.15, -0.1) is 11.3 Å². The van der Waals surface area contributed by atoms with E-state index in [1.54, 1.807) is 23.7 Å². The molecule has 1 saturated heterocycles. The van der Waals surface area contributed by atoms with Crippen LogP contribution in [0.5, 0.6) is 0 Å². The Hall–Kier alpha value is -2.54. The van der Waals surface area contributed by atoms with Crippen LogP contribution in [0.1, 0.15) is 24.0 Å². The van der Waals surface area contributed by atoms with E-state index in [0.29, 0.717) is 0 Å². The number of nitrogens with one attached hydrogen (secondary N) is 1. The number of pyridine rings is 1. The van der Waals surface area contributed by atoms with Crippen molar-refractivity contribution < 1.29 is 0 Å². The summed E-state index contributed by atoms with van der Waals surface area (Å²) in [5, 5.41) is 6.03. The van der Waals surface area contributed by atoms with Crippen LogP contribution in [0.2, 0.25) is 0 Å². The number of aromatic nitrogens is 4. The van der Waals surface area contributed by atoms with Crippen molar-refractivity contribution in [1.82, 2.24) is 19.9 Å². The van der Waals surface area contributed by atoms with Gasteiger partial charge in [0.2, 0.25) is 0 Å². The van der Waals surface area contributed by atoms with Gasteiger partial charge in [-0.05, 0) is 25.5 Å². The van der Waals surface area contributed by atoms with Crippen molar-refractivity contribution in [3.8, 4) is 0 Å². The molecule has 4 rings (SSSR count). The first-order chi connectivity index (χ1) is 11.3. The standard InChI is InChI=1S/C16H16N6S/c1-11-19-13(9-15(20-11)21-16-18-6-8-23-16)14-4-7-22(14)12-3-2-5-17-10-12/h2-3,5-6,8-10,14H,4,7H2,1H3,(H,18,19,20,21)/t14-/m0/s1. The summed E-state index contributed by atoms with van der Waals surface area (Å²) < 4.78 is 0. The summed E-state index contributed by atoms with van der Waals surface area (Å²) in [6, 6.07) is 6.34. The van der Waals surface area contributed by atoms with E-state index in [9.17, 15) is 0 Å². The third-order valence-electron chi connectivity index (χ3n) is 3.86. The molecule has 6 nitrogen and oxygen atoms in total. The molecule has 0 aromatic carbocycles. The van der Waals surface area contributed by atoms with E-state index in [1.807, 2.05) is 30.6 Å². The van der Waals surface area contributed by atoms with Gasteiger partial charge in [-0.2, -0.15) is 0 Å². The first-order valence-corrected chi connectivity index (χ1v) is 8.36. The molecule has 4 heterocycles. The van der Waals surface area contributed by atoms with Crippen molar-refractivity contribution in [2.45, 2.75) is 19.4 Å². The van der Waals surface area contributed by atoms with Crippen molar-refractivity contribution in [2.24, 2.45) is 0 Å². The van der Waals surface area contributed by atoms with Gasteiger partial charge >= 0.3 is 0 Å². The fraction of sp³-hybridized carbons (Fsp3) is 0.250. The van der Waals surface area contributed by atoms with Crippen LogP contribution in [0.25, 0.3) is 0 Å². The number of hydrogen-bond donors (Lipinski definition) is 1. The van der Waals surface area contributed by atoms with E-state index < -0.39 is 0 Å². The summed E-state index contributed by atoms with van der Waals surface area (Å²) in [7, 11) is 0. The third-order valence-corrected chi connectivity index (χ3v) is 4.55. The Morgan fingerprint density at radius 2 is 2.26 bits per heavy atom. The molecular weight excluding hydrogens is 308 g/mol. The topological polar surface area (TPSA) is 66.8 Å². The molecule has 3 aromatic rings. The van der Waals surface area contributed by atoms with E-state index in [4.69, 9.17) is 0 Å². The first-order valence-electron chi connectivity index (χ1n) is 7.48. The minimum absolute atomic E-state index is 0.276. The van der Waals surface area contributed by atoms with Gasteiger partial charge in [0.25, 0.3) is 0 Å². The summed E-state index contributed by atoms with van der Waals surface area (Å²) in [6.45, 7) is 2.94. The van der Waals surface area contributed by atoms with Gasteiger partial charge < -0.3 is 10.2 Å². The van der Waals surface area contributed by atoms with Crippen LogP contribution >= 0.6 is 11.3 Å². The van der Waals surface area contributed by atoms with E-state index in [1.165, 1.54) is 0 Å². The number of anilines is 3. The lowest BCUT2D eigenvalue weighted by Gasteiger charge is -2.42. The Kier molecular flexibility index (Phi) is 3.63. The molecule has 3 aromatic heterocycles. The molecule has 0 aliphatic carbocycles. The highest BCUT2D eigenvalue weighted by Gasteiger charge is 2.31. The normalized spacial score (nSPS) is 16.9. The second-order valence-electron chi connectivity index (χ2n) is 5.40. The number of nitrogens with zero attached hydrogens (tertiary/aromatic N) is 5. The Morgan fingerprint density at radius 1 is 1.30 bits per heavy atom. The van der Waals surface area contributed by atoms with Crippen LogP contribution in [0, 0.1) is 6.92 Å². The Morgan fingerprint density at radius 3 is 2.96 bits per heavy atom. The zero-order valence-corrected chi connectivity index (χ0v) is 13.5. The van der Waals surface area contributed by atoms with E-state index in [-0.39, 0.29) is 6.04 Å². The van der Waals surface area contributed by atoms with Gasteiger partial charge in [0.1, 0.15) is 11.6 Å². The molecule has 116 valence electrons. The largest absolute Gasteiger partial charge is 0.362 e. The van der Waals surface area contributed by atoms with Crippen LogP contribution in [-0.2, 0) is 0 Å². The molecule has 1 atom stereocenters. The molecule has 1 fully saturated rings. The van der Waals surface area contributed by atoms with Crippen LogP contribution < -0.4 is 10.2 Å². The minimum atomic E-state index is 0.276. The lowest BCUT2D eigenvalue weighted by molar-refractivity contribution is 0.454. The number of aryl methyl sites for hydroxylation is 1. The minimum Gasteiger partial charge on any atom is -0.362 e. The van der Waals surface area contributed by atoms with E-state index in [0.717, 1.165) is 41.1 Å². The van der Waals surface area contributed by atoms with Crippen LogP contribution in [0.3, 0.4) is 0 Å². The highest BCUT2D eigenvalue weighted by molar-refractivity contribution is 7.13. The summed E-state index contributed by atoms with van der Waals surface area (Å²) in [4.78, 5) is 19.9. The summed E-state index contributed by atoms with van der Waals surface area (Å²) in [5.41, 5.74) is 2.17. The number of rotatable bonds is 4. The average Bonchev–Trinajstić information content (AvgIpc) is 2.99. The van der Waals surface area contributed by atoms with Crippen molar-refractivity contribution >= 4 is 28.0 Å². The summed E-state index contributed by atoms with van der Waals surface area (Å²) in [5.74, 6) is 1.56. The van der Waals surface area contributed by atoms with Crippen LogP contribution in [0.15, 0.2) is 42.2 Å². The SMILES string of the molecule is Cc1nc(Nc2nccs2)cc([C@@H]2CCN2c2cccnc2)n1. The maximum Gasteiger partial charge on any atom is 0.188 e. The van der Waals surface area contributed by atoms with Gasteiger partial charge in [-0.1, -0.05) is 0 Å². The number of hydrogen-bond acceptors (Lipinski definition) is 7. The smallest absolute Gasteiger partial charge is 0.188 e. The molecule has 1 aliphatic heterocycles. The molecule has 1 N–H and O–H groups in total. The Bertz CT molecular complexity index is 790. The van der Waals surface area contributed by atoms with Gasteiger partial charge in [-0.3, -0.25) is 4.98 Å². The highest BCUT2D eigenvalue weighted by atomic mass is 32.1. The molecule has 0 bridgehead atoms. The average molecular weight is 324 g/mol. The van der Waals surface area contributed by atoms with Crippen LogP contribution in [-0.4, -0.2) is 26.5 Å². The quantitative estimate of drug-likeness (QED) is 0.794. The number of thiazole rings is 1. The molecule has 0 saturated carbocycles. The molecule has 1 aliphatic rings. The molecule has 7 heteroatoms. The molecule has 0 unspecified atom stereocenters. The fourth-order valence-electron chi connectivity index (χ4n) is 2.75. The molecule has 0 amide bonds. The zero-order valence-electron chi connectivity index (χ0n) is 12.7. The maximum atomic E-state index is 4.63. The predicted molar refractivity (Wildman–Crippen MR) is 91.1 cm³/mol. The van der Waals surface area contributed by atoms with Gasteiger partial charge in [0.15, 0.2) is 5.13 Å². The lowest BCUT2D eigenvalue weighted by Crippen LogP contribution is -2.41. The second-order valence-corrected chi connectivity index (χ2v) is 6.29. The van der Waals surface area contributed by atoms with Crippen LogP contribution in [0.4, 0.5) is 16.6 Å². The monoisotopic (exact) mass is 324 g/mol. The molecule has 0 radical (unpaired) electrons. The summed E-state index contributed by atoms with van der Waals surface area (Å²) >= 11 is 1.55. The fourth-order valence-corrected chi connectivity index (χ4v) is 3.28. The first kappa shape index (κ1) is 14.1. The lowest BCUT2D eigenvalue weighted by atomic mass is 9.98. The van der Waals surface area contributed by atoms with Gasteiger partial charge in [0, 0.05) is 30.4 Å². The van der Waals surface area contributed by atoms with Crippen molar-refractivity contribution in [3.05, 3.63) is 53.7 Å². The van der Waals surface area contributed by atoms with Crippen molar-refractivity contribution in [2.75, 3.05) is 16.8 Å². The van der Waals surface area contributed by atoms with E-state index in [2.05, 4.69) is 36.2 Å². The summed E-state index contributed by atoms with van der Waals surface area (Å²) in [6.07, 6.45) is 6.55. The zero-order chi connectivity index (χ0) is 15.6.